The fraction of sp³-hybridized carbons (Fsp3) is 0. The van der Waals surface area contributed by atoms with Gasteiger partial charge in [0, 0.05) is 0 Å². The van der Waals surface area contributed by atoms with Crippen molar-refractivity contribution in [2.45, 2.75) is 0 Å². The van der Waals surface area contributed by atoms with Gasteiger partial charge in [0.05, 0.1) is 0 Å². The highest BCUT2D eigenvalue weighted by Gasteiger charge is 1.95. The van der Waals surface area contributed by atoms with Crippen LogP contribution in [0.2, 0.25) is 0 Å². The molecule has 2 heteroatoms. The van der Waals surface area contributed by atoms with E-state index in [-0.39, 0.29) is 12.4 Å². The summed E-state index contributed by atoms with van der Waals surface area (Å²) in [6, 6.07) is 21.1. The molecule has 0 radical (unpaired) electrons. The van der Waals surface area contributed by atoms with Crippen LogP contribution in [0.25, 0.3) is 0 Å². The molecule has 2 aromatic carbocycles. The fourth-order valence-corrected chi connectivity index (χ4v) is 1.43. The quantitative estimate of drug-likeness (QED) is 0.648. The minimum atomic E-state index is 0. The molecule has 0 aliphatic heterocycles. The predicted octanol–water partition coefficient (Wildman–Crippen LogP) is 1.50. The van der Waals surface area contributed by atoms with E-state index >= 15 is 0 Å². The number of hydrogen-bond acceptors (Lipinski definition) is 0. The molecule has 0 aromatic heterocycles. The second-order valence-corrected chi connectivity index (χ2v) is 3.15. The van der Waals surface area contributed by atoms with Crippen molar-refractivity contribution in [3.05, 3.63) is 60.7 Å². The first-order valence-corrected chi connectivity index (χ1v) is 4.53. The van der Waals surface area contributed by atoms with Gasteiger partial charge in [-0.05, 0) is 0 Å². The van der Waals surface area contributed by atoms with E-state index in [0.29, 0.717) is 0 Å². The van der Waals surface area contributed by atoms with E-state index in [9.17, 15) is 0 Å². The van der Waals surface area contributed by atoms with Crippen LogP contribution in [0, 0.1) is 0 Å². The van der Waals surface area contributed by atoms with Crippen molar-refractivity contribution >= 4 is 30.6 Å². The van der Waals surface area contributed by atoms with Gasteiger partial charge < -0.3 is 0 Å². The monoisotopic (exact) mass is 202 g/mol. The smallest absolute Gasteiger partial charge is 0.147 e. The highest BCUT2D eigenvalue weighted by atomic mass is 35.5. The summed E-state index contributed by atoms with van der Waals surface area (Å²) in [5.41, 5.74) is 2.74. The Labute approximate surface area is 91.6 Å². The zero-order chi connectivity index (χ0) is 8.93. The van der Waals surface area contributed by atoms with Gasteiger partial charge >= 0.3 is 0 Å². The number of benzene rings is 2. The van der Waals surface area contributed by atoms with Crippen molar-refractivity contribution < 1.29 is 0 Å². The summed E-state index contributed by atoms with van der Waals surface area (Å²) in [6.45, 7) is 0. The molecule has 0 aliphatic carbocycles. The lowest BCUT2D eigenvalue weighted by molar-refractivity contribution is 1.75. The number of halogens is 1. The molecular weight excluding hydrogens is 190 g/mol. The van der Waals surface area contributed by atoms with Crippen molar-refractivity contribution in [2.75, 3.05) is 0 Å². The van der Waals surface area contributed by atoms with Gasteiger partial charge in [0.25, 0.3) is 0 Å². The van der Waals surface area contributed by atoms with E-state index in [1.807, 2.05) is 0 Å². The predicted molar refractivity (Wildman–Crippen MR) is 66.5 cm³/mol. The van der Waals surface area contributed by atoms with E-state index < -0.39 is 0 Å². The van der Waals surface area contributed by atoms with Crippen molar-refractivity contribution in [1.82, 2.24) is 0 Å². The lowest BCUT2D eigenvalue weighted by Crippen LogP contribution is -2.26. The van der Waals surface area contributed by atoms with E-state index in [0.717, 1.165) is 7.28 Å². The molecule has 0 saturated heterocycles. The summed E-state index contributed by atoms with van der Waals surface area (Å²) < 4.78 is 0. The molecule has 0 N–H and O–H groups in total. The van der Waals surface area contributed by atoms with Crippen LogP contribution in [0.1, 0.15) is 0 Å². The van der Waals surface area contributed by atoms with Crippen LogP contribution >= 0.6 is 12.4 Å². The van der Waals surface area contributed by atoms with Crippen molar-refractivity contribution in [2.24, 2.45) is 0 Å². The zero-order valence-corrected chi connectivity index (χ0v) is 8.71. The van der Waals surface area contributed by atoms with Crippen LogP contribution in [0.3, 0.4) is 0 Å². The first kappa shape index (κ1) is 10.9. The Morgan fingerprint density at radius 3 is 1.29 bits per heavy atom. The van der Waals surface area contributed by atoms with Gasteiger partial charge in [-0.2, -0.15) is 0 Å². The summed E-state index contributed by atoms with van der Waals surface area (Å²) in [5, 5.41) is 0. The number of rotatable bonds is 2. The SMILES string of the molecule is B(c1ccccc1)c1ccccc1.Cl. The van der Waals surface area contributed by atoms with Gasteiger partial charge in [0.1, 0.15) is 0 Å². The molecule has 0 spiro atoms. The van der Waals surface area contributed by atoms with Crippen LogP contribution in [0.5, 0.6) is 0 Å². The third-order valence-corrected chi connectivity index (χ3v) is 2.09. The Hall–Kier alpha value is -1.21. The highest BCUT2D eigenvalue weighted by molar-refractivity contribution is 6.67. The second kappa shape index (κ2) is 5.51. The fourth-order valence-electron chi connectivity index (χ4n) is 1.43. The van der Waals surface area contributed by atoms with Crippen LogP contribution < -0.4 is 10.9 Å². The van der Waals surface area contributed by atoms with E-state index in [4.69, 9.17) is 0 Å². The van der Waals surface area contributed by atoms with Gasteiger partial charge in [0.2, 0.25) is 0 Å². The van der Waals surface area contributed by atoms with Gasteiger partial charge in [0.15, 0.2) is 7.28 Å². The number of hydrogen-bond donors (Lipinski definition) is 0. The van der Waals surface area contributed by atoms with Crippen molar-refractivity contribution in [1.29, 1.82) is 0 Å². The molecule has 0 unspecified atom stereocenters. The van der Waals surface area contributed by atoms with E-state index in [1.54, 1.807) is 0 Å². The standard InChI is InChI=1S/C12H11B.ClH/c1-3-7-11(8-4-1)13-12-9-5-2-6-10-12;/h1-10,13H;1H. The first-order chi connectivity index (χ1) is 6.45. The Kier molecular flexibility index (Phi) is 4.28. The molecule has 0 aliphatic rings. The van der Waals surface area contributed by atoms with Crippen LogP contribution in [0.4, 0.5) is 0 Å². The van der Waals surface area contributed by atoms with Crippen LogP contribution in [0.15, 0.2) is 60.7 Å². The summed E-state index contributed by atoms with van der Waals surface area (Å²) in [7, 11) is 1.03. The highest BCUT2D eigenvalue weighted by Crippen LogP contribution is 1.84. The van der Waals surface area contributed by atoms with Gasteiger partial charge in [-0.3, -0.25) is 0 Å². The minimum Gasteiger partial charge on any atom is -0.147 e. The maximum atomic E-state index is 2.16. The third-order valence-electron chi connectivity index (χ3n) is 2.09. The zero-order valence-electron chi connectivity index (χ0n) is 7.89. The summed E-state index contributed by atoms with van der Waals surface area (Å²) in [4.78, 5) is 0. The molecule has 0 nitrogen and oxygen atoms in total. The minimum absolute atomic E-state index is 0. The second-order valence-electron chi connectivity index (χ2n) is 3.15. The maximum absolute atomic E-state index is 2.16. The third kappa shape index (κ3) is 2.93. The molecule has 0 bridgehead atoms. The lowest BCUT2D eigenvalue weighted by Gasteiger charge is -1.98. The van der Waals surface area contributed by atoms with E-state index in [2.05, 4.69) is 60.7 Å². The maximum Gasteiger partial charge on any atom is 0.192 e. The molecule has 0 heterocycles. The van der Waals surface area contributed by atoms with Gasteiger partial charge in [-0.1, -0.05) is 71.6 Å². The Morgan fingerprint density at radius 1 is 0.571 bits per heavy atom. The molecular formula is C12H12BCl. The average molecular weight is 202 g/mol. The first-order valence-electron chi connectivity index (χ1n) is 4.53. The largest absolute Gasteiger partial charge is 0.192 e. The molecule has 0 fully saturated rings. The normalized spacial score (nSPS) is 8.86. The van der Waals surface area contributed by atoms with Crippen LogP contribution in [-0.4, -0.2) is 7.28 Å². The molecule has 0 saturated carbocycles. The van der Waals surface area contributed by atoms with Crippen molar-refractivity contribution in [3.8, 4) is 0 Å². The molecule has 0 atom stereocenters. The Bertz CT molecular complexity index is 321. The van der Waals surface area contributed by atoms with Crippen LogP contribution in [-0.2, 0) is 0 Å². The van der Waals surface area contributed by atoms with Gasteiger partial charge in [-0.15, -0.1) is 12.4 Å². The molecule has 14 heavy (non-hydrogen) atoms. The molecule has 70 valence electrons. The lowest BCUT2D eigenvalue weighted by atomic mass is 9.64. The van der Waals surface area contributed by atoms with Crippen molar-refractivity contribution in [3.63, 3.8) is 0 Å². The Morgan fingerprint density at radius 2 is 0.929 bits per heavy atom. The molecule has 2 aromatic rings. The average Bonchev–Trinajstić information content (AvgIpc) is 2.21. The van der Waals surface area contributed by atoms with Gasteiger partial charge in [-0.25, -0.2) is 0 Å². The molecule has 2 rings (SSSR count). The topological polar surface area (TPSA) is 0 Å². The van der Waals surface area contributed by atoms with E-state index in [1.165, 1.54) is 10.9 Å². The summed E-state index contributed by atoms with van der Waals surface area (Å²) in [5.74, 6) is 0. The molecule has 0 amide bonds. The summed E-state index contributed by atoms with van der Waals surface area (Å²) in [6.07, 6.45) is 0. The Balaban J connectivity index is 0.000000980. The summed E-state index contributed by atoms with van der Waals surface area (Å²) >= 11 is 0.